The monoisotopic (exact) mass is 339 g/mol. The highest BCUT2D eigenvalue weighted by molar-refractivity contribution is 5.80. The molecule has 1 fully saturated rings. The molecule has 1 aliphatic heterocycles. The summed E-state index contributed by atoms with van der Waals surface area (Å²) in [5.74, 6) is 1.82. The molecule has 0 aromatic rings. The molecule has 0 saturated carbocycles. The molecular formula is C18H37N5O. The zero-order valence-electron chi connectivity index (χ0n) is 16.3. The molecule has 1 aliphatic rings. The highest BCUT2D eigenvalue weighted by Gasteiger charge is 2.25. The van der Waals surface area contributed by atoms with Crippen molar-refractivity contribution in [2.75, 3.05) is 52.4 Å². The summed E-state index contributed by atoms with van der Waals surface area (Å²) < 4.78 is 0. The van der Waals surface area contributed by atoms with Gasteiger partial charge in [0.05, 0.1) is 6.54 Å². The molecule has 1 heterocycles. The second-order valence-electron chi connectivity index (χ2n) is 6.77. The number of carbonyl (C=O) groups excluding carboxylic acids is 1. The van der Waals surface area contributed by atoms with E-state index in [4.69, 9.17) is 0 Å². The van der Waals surface area contributed by atoms with Crippen molar-refractivity contribution in [1.29, 1.82) is 0 Å². The summed E-state index contributed by atoms with van der Waals surface area (Å²) in [6.45, 7) is 18.0. The molecule has 0 radical (unpaired) electrons. The van der Waals surface area contributed by atoms with E-state index >= 15 is 0 Å². The van der Waals surface area contributed by atoms with Crippen molar-refractivity contribution in [3.05, 3.63) is 0 Å². The molecule has 24 heavy (non-hydrogen) atoms. The molecule has 0 aliphatic carbocycles. The van der Waals surface area contributed by atoms with Gasteiger partial charge in [-0.1, -0.05) is 27.7 Å². The van der Waals surface area contributed by atoms with E-state index in [1.165, 1.54) is 13.0 Å². The fraction of sp³-hybridized carbons (Fsp3) is 0.889. The zero-order chi connectivity index (χ0) is 17.9. The first-order valence-corrected chi connectivity index (χ1v) is 9.55. The zero-order valence-corrected chi connectivity index (χ0v) is 16.3. The van der Waals surface area contributed by atoms with Crippen molar-refractivity contribution in [2.24, 2.45) is 16.8 Å². The Labute approximate surface area is 148 Å². The van der Waals surface area contributed by atoms with E-state index in [1.807, 2.05) is 13.8 Å². The lowest BCUT2D eigenvalue weighted by molar-refractivity contribution is -0.123. The van der Waals surface area contributed by atoms with Crippen LogP contribution in [-0.4, -0.2) is 74.0 Å². The fourth-order valence-corrected chi connectivity index (χ4v) is 2.99. The van der Waals surface area contributed by atoms with Crippen molar-refractivity contribution in [3.63, 3.8) is 0 Å². The lowest BCUT2D eigenvalue weighted by atomic mass is 10.1. The van der Waals surface area contributed by atoms with E-state index in [0.29, 0.717) is 13.1 Å². The number of likely N-dealkylation sites (tertiary alicyclic amines) is 1. The Balaban J connectivity index is 2.47. The SMILES string of the molecule is CCNC(=NCCNC(=O)C(C)C)N1CCC(CN(CC)CC)C1. The molecular weight excluding hydrogens is 302 g/mol. The lowest BCUT2D eigenvalue weighted by Crippen LogP contribution is -2.41. The standard InChI is InChI=1S/C18H37N5O/c1-6-19-18(21-11-10-20-17(24)15(4)5)23-12-9-16(14-23)13-22(7-2)8-3/h15-16H,6-14H2,1-5H3,(H,19,21)(H,20,24). The van der Waals surface area contributed by atoms with E-state index < -0.39 is 0 Å². The molecule has 1 rings (SSSR count). The van der Waals surface area contributed by atoms with Gasteiger partial charge in [0.2, 0.25) is 5.91 Å². The second-order valence-corrected chi connectivity index (χ2v) is 6.77. The third-order valence-corrected chi connectivity index (χ3v) is 4.53. The van der Waals surface area contributed by atoms with Crippen LogP contribution in [0.1, 0.15) is 41.0 Å². The third-order valence-electron chi connectivity index (χ3n) is 4.53. The molecule has 0 spiro atoms. The van der Waals surface area contributed by atoms with Crippen molar-refractivity contribution in [2.45, 2.75) is 41.0 Å². The number of amides is 1. The molecule has 0 aromatic carbocycles. The second kappa shape index (κ2) is 11.3. The Morgan fingerprint density at radius 1 is 1.25 bits per heavy atom. The van der Waals surface area contributed by atoms with E-state index in [0.717, 1.165) is 44.6 Å². The molecule has 0 aromatic heterocycles. The van der Waals surface area contributed by atoms with Crippen LogP contribution in [0.15, 0.2) is 4.99 Å². The molecule has 140 valence electrons. The number of carbonyl (C=O) groups is 1. The van der Waals surface area contributed by atoms with E-state index in [-0.39, 0.29) is 11.8 Å². The van der Waals surface area contributed by atoms with Gasteiger partial charge in [0.15, 0.2) is 5.96 Å². The normalized spacial score (nSPS) is 18.5. The van der Waals surface area contributed by atoms with Crippen molar-refractivity contribution < 1.29 is 4.79 Å². The Kier molecular flexibility index (Phi) is 9.76. The van der Waals surface area contributed by atoms with Crippen LogP contribution in [0, 0.1) is 11.8 Å². The molecule has 6 heteroatoms. The topological polar surface area (TPSA) is 60.0 Å². The number of hydrogen-bond acceptors (Lipinski definition) is 3. The van der Waals surface area contributed by atoms with Crippen molar-refractivity contribution >= 4 is 11.9 Å². The number of rotatable bonds is 9. The van der Waals surface area contributed by atoms with Crippen LogP contribution >= 0.6 is 0 Å². The summed E-state index contributed by atoms with van der Waals surface area (Å²) in [6, 6.07) is 0. The predicted molar refractivity (Wildman–Crippen MR) is 101 cm³/mol. The lowest BCUT2D eigenvalue weighted by Gasteiger charge is -2.24. The summed E-state index contributed by atoms with van der Waals surface area (Å²) in [7, 11) is 0. The number of nitrogens with one attached hydrogen (secondary N) is 2. The maximum absolute atomic E-state index is 11.6. The third kappa shape index (κ3) is 7.07. The minimum Gasteiger partial charge on any atom is -0.357 e. The van der Waals surface area contributed by atoms with Crippen LogP contribution in [0.2, 0.25) is 0 Å². The van der Waals surface area contributed by atoms with E-state index in [1.54, 1.807) is 0 Å². The number of guanidine groups is 1. The summed E-state index contributed by atoms with van der Waals surface area (Å²) in [6.07, 6.45) is 1.23. The summed E-state index contributed by atoms with van der Waals surface area (Å²) in [5, 5.41) is 6.31. The van der Waals surface area contributed by atoms with Crippen LogP contribution in [-0.2, 0) is 4.79 Å². The number of aliphatic imine (C=N–C) groups is 1. The van der Waals surface area contributed by atoms with Gasteiger partial charge in [-0.2, -0.15) is 0 Å². The molecule has 1 atom stereocenters. The molecule has 2 N–H and O–H groups in total. The highest BCUT2D eigenvalue weighted by Crippen LogP contribution is 2.17. The van der Waals surface area contributed by atoms with Gasteiger partial charge in [-0.05, 0) is 32.4 Å². The first kappa shape index (κ1) is 20.7. The van der Waals surface area contributed by atoms with Gasteiger partial charge in [0, 0.05) is 38.6 Å². The van der Waals surface area contributed by atoms with Crippen molar-refractivity contribution in [1.82, 2.24) is 20.4 Å². The smallest absolute Gasteiger partial charge is 0.222 e. The summed E-state index contributed by atoms with van der Waals surface area (Å²) in [5.41, 5.74) is 0. The maximum atomic E-state index is 11.6. The summed E-state index contributed by atoms with van der Waals surface area (Å²) >= 11 is 0. The number of hydrogen-bond donors (Lipinski definition) is 2. The average molecular weight is 340 g/mol. The Bertz CT molecular complexity index is 393. The van der Waals surface area contributed by atoms with Crippen LogP contribution in [0.3, 0.4) is 0 Å². The Morgan fingerprint density at radius 3 is 2.54 bits per heavy atom. The van der Waals surface area contributed by atoms with Gasteiger partial charge in [-0.3, -0.25) is 9.79 Å². The molecule has 1 amide bonds. The Morgan fingerprint density at radius 2 is 1.96 bits per heavy atom. The first-order valence-electron chi connectivity index (χ1n) is 9.55. The van der Waals surface area contributed by atoms with Gasteiger partial charge in [0.25, 0.3) is 0 Å². The minimum atomic E-state index is 0.0293. The van der Waals surface area contributed by atoms with Crippen LogP contribution < -0.4 is 10.6 Å². The molecule has 0 bridgehead atoms. The largest absolute Gasteiger partial charge is 0.357 e. The van der Waals surface area contributed by atoms with Gasteiger partial charge >= 0.3 is 0 Å². The van der Waals surface area contributed by atoms with Gasteiger partial charge in [0.1, 0.15) is 0 Å². The molecule has 1 saturated heterocycles. The molecule has 1 unspecified atom stereocenters. The van der Waals surface area contributed by atoms with Crippen molar-refractivity contribution in [3.8, 4) is 0 Å². The summed E-state index contributed by atoms with van der Waals surface area (Å²) in [4.78, 5) is 21.1. The highest BCUT2D eigenvalue weighted by atomic mass is 16.1. The average Bonchev–Trinajstić information content (AvgIpc) is 3.03. The predicted octanol–water partition coefficient (Wildman–Crippen LogP) is 1.39. The van der Waals surface area contributed by atoms with Crippen LogP contribution in [0.5, 0.6) is 0 Å². The quantitative estimate of drug-likeness (QED) is 0.379. The minimum absolute atomic E-state index is 0.0293. The first-order chi connectivity index (χ1) is 11.5. The Hall–Kier alpha value is -1.30. The maximum Gasteiger partial charge on any atom is 0.222 e. The van der Waals surface area contributed by atoms with E-state index in [2.05, 4.69) is 46.2 Å². The van der Waals surface area contributed by atoms with Gasteiger partial charge in [-0.25, -0.2) is 0 Å². The van der Waals surface area contributed by atoms with Gasteiger partial charge in [-0.15, -0.1) is 0 Å². The van der Waals surface area contributed by atoms with E-state index in [9.17, 15) is 4.79 Å². The number of nitrogens with zero attached hydrogens (tertiary/aromatic N) is 3. The van der Waals surface area contributed by atoms with Gasteiger partial charge < -0.3 is 20.4 Å². The van der Waals surface area contributed by atoms with Crippen LogP contribution in [0.25, 0.3) is 0 Å². The fourth-order valence-electron chi connectivity index (χ4n) is 2.99. The molecule has 6 nitrogen and oxygen atoms in total. The van der Waals surface area contributed by atoms with Crippen LogP contribution in [0.4, 0.5) is 0 Å².